The number of nitrogens with zero attached hydrogens (tertiary/aromatic N) is 1. The molecule has 1 atom stereocenters. The zero-order chi connectivity index (χ0) is 15.1. The van der Waals surface area contributed by atoms with Crippen LogP contribution in [-0.2, 0) is 13.1 Å². The predicted molar refractivity (Wildman–Crippen MR) is 81.7 cm³/mol. The van der Waals surface area contributed by atoms with E-state index in [1.54, 1.807) is 6.26 Å². The van der Waals surface area contributed by atoms with Crippen LogP contribution in [0.4, 0.5) is 0 Å². The molecule has 0 amide bonds. The van der Waals surface area contributed by atoms with Gasteiger partial charge in [-0.15, -0.1) is 6.58 Å². The van der Waals surface area contributed by atoms with E-state index >= 15 is 0 Å². The molecule has 1 unspecified atom stereocenters. The van der Waals surface area contributed by atoms with Gasteiger partial charge in [0.05, 0.1) is 25.5 Å². The Bertz CT molecular complexity index is 530. The summed E-state index contributed by atoms with van der Waals surface area (Å²) in [5.41, 5.74) is 0. The maximum absolute atomic E-state index is 10.1. The molecule has 2 aromatic heterocycles. The van der Waals surface area contributed by atoms with Crippen LogP contribution in [0.3, 0.4) is 0 Å². The van der Waals surface area contributed by atoms with E-state index in [2.05, 4.69) is 11.5 Å². The molecule has 0 aliphatic rings. The van der Waals surface area contributed by atoms with Gasteiger partial charge in [-0.1, -0.05) is 6.08 Å². The van der Waals surface area contributed by atoms with Gasteiger partial charge in [-0.25, -0.2) is 0 Å². The summed E-state index contributed by atoms with van der Waals surface area (Å²) in [4.78, 5) is 2.13. The maximum Gasteiger partial charge on any atom is 0.118 e. The number of aliphatic hydroxyl groups excluding tert-OH is 1. The fourth-order valence-electron chi connectivity index (χ4n) is 2.30. The van der Waals surface area contributed by atoms with E-state index in [1.165, 1.54) is 0 Å². The predicted octanol–water partition coefficient (Wildman–Crippen LogP) is 3.51. The molecule has 0 aromatic carbocycles. The van der Waals surface area contributed by atoms with Crippen LogP contribution in [0.1, 0.15) is 30.1 Å². The number of furan rings is 2. The molecule has 0 bridgehead atoms. The first-order valence-electron chi connectivity index (χ1n) is 7.26. The highest BCUT2D eigenvalue weighted by molar-refractivity contribution is 5.06. The zero-order valence-electron chi connectivity index (χ0n) is 12.5. The summed E-state index contributed by atoms with van der Waals surface area (Å²) in [7, 11) is 0. The fraction of sp³-hybridized carbons (Fsp3) is 0.412. The minimum absolute atomic E-state index is 0.381. The largest absolute Gasteiger partial charge is 0.468 e. The molecule has 4 nitrogen and oxygen atoms in total. The Morgan fingerprint density at radius 2 is 2.10 bits per heavy atom. The quantitative estimate of drug-likeness (QED) is 0.718. The zero-order valence-corrected chi connectivity index (χ0v) is 12.5. The van der Waals surface area contributed by atoms with E-state index in [0.717, 1.165) is 30.1 Å². The molecule has 0 fully saturated rings. The standard InChI is InChI=1S/C17H23NO3/c1-3-4-6-15(19)11-18(12-16-7-5-10-20-16)13-17-9-8-14(2)21-17/h3,5,7-10,15,19H,1,4,6,11-13H2,2H3. The van der Waals surface area contributed by atoms with E-state index in [1.807, 2.05) is 37.3 Å². The summed E-state index contributed by atoms with van der Waals surface area (Å²) in [6, 6.07) is 7.74. The van der Waals surface area contributed by atoms with Crippen molar-refractivity contribution in [3.63, 3.8) is 0 Å². The molecule has 21 heavy (non-hydrogen) atoms. The van der Waals surface area contributed by atoms with Crippen molar-refractivity contribution in [1.29, 1.82) is 0 Å². The smallest absolute Gasteiger partial charge is 0.118 e. The Balaban J connectivity index is 1.97. The number of hydrogen-bond donors (Lipinski definition) is 1. The molecule has 114 valence electrons. The van der Waals surface area contributed by atoms with Gasteiger partial charge in [0.2, 0.25) is 0 Å². The van der Waals surface area contributed by atoms with Crippen molar-refractivity contribution in [2.24, 2.45) is 0 Å². The van der Waals surface area contributed by atoms with Crippen molar-refractivity contribution in [2.45, 2.75) is 39.0 Å². The van der Waals surface area contributed by atoms with Gasteiger partial charge in [0.25, 0.3) is 0 Å². The molecule has 4 heteroatoms. The SMILES string of the molecule is C=CCCC(O)CN(Cc1ccco1)Cc1ccc(C)o1. The third kappa shape index (κ3) is 5.25. The van der Waals surface area contributed by atoms with Gasteiger partial charge in [0.15, 0.2) is 0 Å². The van der Waals surface area contributed by atoms with Gasteiger partial charge in [-0.2, -0.15) is 0 Å². The molecule has 2 aromatic rings. The van der Waals surface area contributed by atoms with Crippen LogP contribution in [0.25, 0.3) is 0 Å². The fourth-order valence-corrected chi connectivity index (χ4v) is 2.30. The van der Waals surface area contributed by atoms with Crippen molar-refractivity contribution in [1.82, 2.24) is 4.90 Å². The number of aryl methyl sites for hydroxylation is 1. The molecule has 0 spiro atoms. The lowest BCUT2D eigenvalue weighted by atomic mass is 10.2. The minimum atomic E-state index is -0.381. The van der Waals surface area contributed by atoms with Crippen LogP contribution in [0, 0.1) is 6.92 Å². The van der Waals surface area contributed by atoms with Crippen molar-refractivity contribution in [3.8, 4) is 0 Å². The molecule has 1 N–H and O–H groups in total. The molecule has 0 saturated carbocycles. The molecule has 2 rings (SSSR count). The van der Waals surface area contributed by atoms with E-state index in [-0.39, 0.29) is 6.10 Å². The van der Waals surface area contributed by atoms with Gasteiger partial charge >= 0.3 is 0 Å². The lowest BCUT2D eigenvalue weighted by Crippen LogP contribution is -2.31. The minimum Gasteiger partial charge on any atom is -0.468 e. The summed E-state index contributed by atoms with van der Waals surface area (Å²) in [6.07, 6.45) is 4.65. The number of allylic oxidation sites excluding steroid dienone is 1. The summed E-state index contributed by atoms with van der Waals surface area (Å²) < 4.78 is 11.0. The second-order valence-electron chi connectivity index (χ2n) is 5.28. The van der Waals surface area contributed by atoms with Crippen LogP contribution in [0.2, 0.25) is 0 Å². The lowest BCUT2D eigenvalue weighted by molar-refractivity contribution is 0.0904. The van der Waals surface area contributed by atoms with Crippen LogP contribution in [0.5, 0.6) is 0 Å². The lowest BCUT2D eigenvalue weighted by Gasteiger charge is -2.23. The van der Waals surface area contributed by atoms with Gasteiger partial charge in [0, 0.05) is 6.54 Å². The Morgan fingerprint density at radius 1 is 1.29 bits per heavy atom. The summed E-state index contributed by atoms with van der Waals surface area (Å²) in [6.45, 7) is 7.50. The first-order valence-corrected chi connectivity index (χ1v) is 7.26. The van der Waals surface area contributed by atoms with E-state index < -0.39 is 0 Å². The Kier molecular flexibility index (Phi) is 5.84. The van der Waals surface area contributed by atoms with Crippen LogP contribution >= 0.6 is 0 Å². The van der Waals surface area contributed by atoms with Gasteiger partial charge in [-0.05, 0) is 44.0 Å². The van der Waals surface area contributed by atoms with E-state index in [4.69, 9.17) is 8.83 Å². The number of hydrogen-bond acceptors (Lipinski definition) is 4. The Labute approximate surface area is 125 Å². The molecule has 0 saturated heterocycles. The summed E-state index contributed by atoms with van der Waals surface area (Å²) >= 11 is 0. The highest BCUT2D eigenvalue weighted by atomic mass is 16.3. The monoisotopic (exact) mass is 289 g/mol. The Morgan fingerprint density at radius 3 is 2.71 bits per heavy atom. The molecular formula is C17H23NO3. The van der Waals surface area contributed by atoms with Crippen molar-refractivity contribution >= 4 is 0 Å². The average Bonchev–Trinajstić information content (AvgIpc) is 3.08. The van der Waals surface area contributed by atoms with Crippen molar-refractivity contribution in [3.05, 3.63) is 60.5 Å². The maximum atomic E-state index is 10.1. The van der Waals surface area contributed by atoms with Gasteiger partial charge < -0.3 is 13.9 Å². The molecule has 0 radical (unpaired) electrons. The molecule has 0 aliphatic carbocycles. The first-order chi connectivity index (χ1) is 10.2. The molecule has 2 heterocycles. The topological polar surface area (TPSA) is 49.8 Å². The first kappa shape index (κ1) is 15.6. The number of aliphatic hydroxyl groups is 1. The summed E-state index contributed by atoms with van der Waals surface area (Å²) in [5, 5.41) is 10.1. The third-order valence-electron chi connectivity index (χ3n) is 3.31. The average molecular weight is 289 g/mol. The van der Waals surface area contributed by atoms with Gasteiger partial charge in [0.1, 0.15) is 17.3 Å². The normalized spacial score (nSPS) is 12.7. The number of rotatable bonds is 9. The highest BCUT2D eigenvalue weighted by Crippen LogP contribution is 2.14. The summed E-state index contributed by atoms with van der Waals surface area (Å²) in [5.74, 6) is 2.68. The second kappa shape index (κ2) is 7.86. The van der Waals surface area contributed by atoms with Crippen LogP contribution in [-0.4, -0.2) is 22.7 Å². The molecule has 0 aliphatic heterocycles. The van der Waals surface area contributed by atoms with Crippen LogP contribution < -0.4 is 0 Å². The van der Waals surface area contributed by atoms with Crippen molar-refractivity contribution in [2.75, 3.05) is 6.54 Å². The third-order valence-corrected chi connectivity index (χ3v) is 3.31. The van der Waals surface area contributed by atoms with E-state index in [0.29, 0.717) is 19.6 Å². The highest BCUT2D eigenvalue weighted by Gasteiger charge is 2.15. The Hall–Kier alpha value is -1.78. The van der Waals surface area contributed by atoms with Crippen molar-refractivity contribution < 1.29 is 13.9 Å². The van der Waals surface area contributed by atoms with Crippen LogP contribution in [0.15, 0.2) is 52.0 Å². The van der Waals surface area contributed by atoms with E-state index in [9.17, 15) is 5.11 Å². The molecular weight excluding hydrogens is 266 g/mol. The van der Waals surface area contributed by atoms with Gasteiger partial charge in [-0.3, -0.25) is 4.90 Å². The second-order valence-corrected chi connectivity index (χ2v) is 5.28.